The monoisotopic (exact) mass is 291 g/mol. The minimum Gasteiger partial charge on any atom is -0.478 e. The van der Waals surface area contributed by atoms with Crippen LogP contribution < -0.4 is 0 Å². The SMILES string of the molecule is CN(C(=O)c1ccc(C=CC(=O)O)cc1F)C1CCCC1. The van der Waals surface area contributed by atoms with Gasteiger partial charge in [0.05, 0.1) is 5.56 Å². The lowest BCUT2D eigenvalue weighted by molar-refractivity contribution is -0.131. The Labute approximate surface area is 122 Å². The van der Waals surface area contributed by atoms with E-state index in [1.165, 1.54) is 24.3 Å². The Kier molecular flexibility index (Phi) is 4.73. The molecule has 5 heteroatoms. The van der Waals surface area contributed by atoms with E-state index in [0.717, 1.165) is 31.8 Å². The van der Waals surface area contributed by atoms with Gasteiger partial charge in [0, 0.05) is 19.2 Å². The van der Waals surface area contributed by atoms with Gasteiger partial charge in [-0.05, 0) is 36.6 Å². The van der Waals surface area contributed by atoms with Gasteiger partial charge in [0.2, 0.25) is 0 Å². The van der Waals surface area contributed by atoms with Crippen LogP contribution in [0.1, 0.15) is 41.6 Å². The Morgan fingerprint density at radius 3 is 2.57 bits per heavy atom. The summed E-state index contributed by atoms with van der Waals surface area (Å²) in [6.07, 6.45) is 6.35. The summed E-state index contributed by atoms with van der Waals surface area (Å²) < 4.78 is 14.0. The summed E-state index contributed by atoms with van der Waals surface area (Å²) in [6, 6.07) is 4.31. The highest BCUT2D eigenvalue weighted by molar-refractivity contribution is 5.95. The Morgan fingerprint density at radius 1 is 1.33 bits per heavy atom. The molecule has 1 aliphatic rings. The van der Waals surface area contributed by atoms with Crippen LogP contribution in [0.2, 0.25) is 0 Å². The smallest absolute Gasteiger partial charge is 0.328 e. The first kappa shape index (κ1) is 15.2. The summed E-state index contributed by atoms with van der Waals surface area (Å²) in [4.78, 5) is 24.3. The molecule has 4 nitrogen and oxygen atoms in total. The van der Waals surface area contributed by atoms with Gasteiger partial charge in [-0.15, -0.1) is 0 Å². The van der Waals surface area contributed by atoms with Crippen LogP contribution >= 0.6 is 0 Å². The van der Waals surface area contributed by atoms with Crippen LogP contribution in [0.3, 0.4) is 0 Å². The van der Waals surface area contributed by atoms with Crippen LogP contribution in [-0.2, 0) is 4.79 Å². The Hall–Kier alpha value is -2.17. The van der Waals surface area contributed by atoms with E-state index >= 15 is 0 Å². The number of carbonyl (C=O) groups excluding carboxylic acids is 1. The van der Waals surface area contributed by atoms with Crippen LogP contribution in [0.15, 0.2) is 24.3 Å². The molecule has 1 saturated carbocycles. The molecule has 0 aromatic heterocycles. The third-order valence-electron chi connectivity index (χ3n) is 3.83. The normalized spacial score (nSPS) is 15.5. The molecular formula is C16H18FNO3. The fourth-order valence-corrected chi connectivity index (χ4v) is 2.62. The topological polar surface area (TPSA) is 57.6 Å². The number of carboxylic acids is 1. The van der Waals surface area contributed by atoms with Crippen molar-refractivity contribution in [1.82, 2.24) is 4.90 Å². The van der Waals surface area contributed by atoms with E-state index in [4.69, 9.17) is 5.11 Å². The second-order valence-electron chi connectivity index (χ2n) is 5.27. The van der Waals surface area contributed by atoms with Crippen LogP contribution in [0, 0.1) is 5.82 Å². The highest BCUT2D eigenvalue weighted by Crippen LogP contribution is 2.24. The maximum Gasteiger partial charge on any atom is 0.328 e. The molecule has 0 unspecified atom stereocenters. The van der Waals surface area contributed by atoms with Crippen molar-refractivity contribution < 1.29 is 19.1 Å². The summed E-state index contributed by atoms with van der Waals surface area (Å²) in [6.45, 7) is 0. The number of hydrogen-bond donors (Lipinski definition) is 1. The van der Waals surface area contributed by atoms with Crippen LogP contribution in [0.5, 0.6) is 0 Å². The fourth-order valence-electron chi connectivity index (χ4n) is 2.62. The number of hydrogen-bond acceptors (Lipinski definition) is 2. The zero-order valence-electron chi connectivity index (χ0n) is 11.9. The van der Waals surface area contributed by atoms with Crippen molar-refractivity contribution >= 4 is 18.0 Å². The molecule has 0 atom stereocenters. The van der Waals surface area contributed by atoms with Gasteiger partial charge < -0.3 is 10.0 Å². The van der Waals surface area contributed by atoms with Gasteiger partial charge >= 0.3 is 5.97 Å². The highest BCUT2D eigenvalue weighted by atomic mass is 19.1. The number of aliphatic carboxylic acids is 1. The first-order valence-corrected chi connectivity index (χ1v) is 6.97. The Morgan fingerprint density at radius 2 is 2.00 bits per heavy atom. The summed E-state index contributed by atoms with van der Waals surface area (Å²) in [5.41, 5.74) is 0.437. The number of amides is 1. The number of carboxylic acid groups (broad SMARTS) is 1. The molecule has 1 amide bonds. The zero-order chi connectivity index (χ0) is 15.4. The van der Waals surface area contributed by atoms with Gasteiger partial charge in [0.1, 0.15) is 5.82 Å². The Balaban J connectivity index is 2.16. The molecule has 1 aromatic rings. The molecule has 1 aromatic carbocycles. The summed E-state index contributed by atoms with van der Waals surface area (Å²) in [5.74, 6) is -2.05. The molecule has 0 bridgehead atoms. The predicted octanol–water partition coefficient (Wildman–Crippen LogP) is 2.94. The minimum atomic E-state index is -1.10. The van der Waals surface area contributed by atoms with Crippen molar-refractivity contribution in [1.29, 1.82) is 0 Å². The lowest BCUT2D eigenvalue weighted by Gasteiger charge is -2.24. The van der Waals surface area contributed by atoms with Gasteiger partial charge in [-0.2, -0.15) is 0 Å². The van der Waals surface area contributed by atoms with E-state index in [-0.39, 0.29) is 17.5 Å². The average molecular weight is 291 g/mol. The molecule has 0 aliphatic heterocycles. The lowest BCUT2D eigenvalue weighted by Crippen LogP contribution is -2.35. The quantitative estimate of drug-likeness (QED) is 0.868. The van der Waals surface area contributed by atoms with Crippen molar-refractivity contribution in [2.45, 2.75) is 31.7 Å². The van der Waals surface area contributed by atoms with Gasteiger partial charge in [0.25, 0.3) is 5.91 Å². The van der Waals surface area contributed by atoms with E-state index in [0.29, 0.717) is 5.56 Å². The molecule has 21 heavy (non-hydrogen) atoms. The van der Waals surface area contributed by atoms with Gasteiger partial charge in [-0.3, -0.25) is 4.79 Å². The largest absolute Gasteiger partial charge is 0.478 e. The van der Waals surface area contributed by atoms with E-state index < -0.39 is 11.8 Å². The molecule has 0 saturated heterocycles. The second-order valence-corrected chi connectivity index (χ2v) is 5.27. The van der Waals surface area contributed by atoms with E-state index in [1.54, 1.807) is 11.9 Å². The van der Waals surface area contributed by atoms with Gasteiger partial charge in [0.15, 0.2) is 0 Å². The molecule has 0 radical (unpaired) electrons. The predicted molar refractivity (Wildman–Crippen MR) is 77.4 cm³/mol. The third kappa shape index (κ3) is 3.68. The minimum absolute atomic E-state index is 0.0249. The van der Waals surface area contributed by atoms with E-state index in [2.05, 4.69) is 0 Å². The molecule has 0 spiro atoms. The maximum absolute atomic E-state index is 14.0. The first-order chi connectivity index (χ1) is 9.99. The van der Waals surface area contributed by atoms with Crippen LogP contribution in [-0.4, -0.2) is 35.0 Å². The van der Waals surface area contributed by atoms with Crippen LogP contribution in [0.4, 0.5) is 4.39 Å². The van der Waals surface area contributed by atoms with Crippen molar-refractivity contribution in [3.8, 4) is 0 Å². The fraction of sp³-hybridized carbons (Fsp3) is 0.375. The molecule has 112 valence electrons. The number of benzene rings is 1. The number of halogens is 1. The maximum atomic E-state index is 14.0. The summed E-state index contributed by atoms with van der Waals surface area (Å²) >= 11 is 0. The molecule has 1 N–H and O–H groups in total. The number of rotatable bonds is 4. The molecular weight excluding hydrogens is 273 g/mol. The summed E-state index contributed by atoms with van der Waals surface area (Å²) in [7, 11) is 1.70. The average Bonchev–Trinajstić information content (AvgIpc) is 2.98. The zero-order valence-corrected chi connectivity index (χ0v) is 11.9. The summed E-state index contributed by atoms with van der Waals surface area (Å²) in [5, 5.41) is 8.54. The van der Waals surface area contributed by atoms with Crippen molar-refractivity contribution in [3.63, 3.8) is 0 Å². The number of carbonyl (C=O) groups is 2. The molecule has 0 heterocycles. The third-order valence-corrected chi connectivity index (χ3v) is 3.83. The van der Waals surface area contributed by atoms with Crippen molar-refractivity contribution in [2.24, 2.45) is 0 Å². The molecule has 1 aliphatic carbocycles. The second kappa shape index (κ2) is 6.52. The van der Waals surface area contributed by atoms with Crippen LogP contribution in [0.25, 0.3) is 6.08 Å². The molecule has 1 fully saturated rings. The van der Waals surface area contributed by atoms with E-state index in [1.807, 2.05) is 0 Å². The molecule has 2 rings (SSSR count). The van der Waals surface area contributed by atoms with Gasteiger partial charge in [-0.1, -0.05) is 18.9 Å². The standard InChI is InChI=1S/C16H18FNO3/c1-18(12-4-2-3-5-12)16(21)13-8-6-11(10-14(13)17)7-9-15(19)20/h6-10,12H,2-5H2,1H3,(H,19,20). The van der Waals surface area contributed by atoms with Gasteiger partial charge in [-0.25, -0.2) is 9.18 Å². The Bertz CT molecular complexity index is 577. The van der Waals surface area contributed by atoms with Crippen molar-refractivity contribution in [3.05, 3.63) is 41.2 Å². The highest BCUT2D eigenvalue weighted by Gasteiger charge is 2.25. The van der Waals surface area contributed by atoms with Crippen molar-refractivity contribution in [2.75, 3.05) is 7.05 Å². The lowest BCUT2D eigenvalue weighted by atomic mass is 10.1. The first-order valence-electron chi connectivity index (χ1n) is 6.97. The number of nitrogens with zero attached hydrogens (tertiary/aromatic N) is 1. The van der Waals surface area contributed by atoms with E-state index in [9.17, 15) is 14.0 Å².